The monoisotopic (exact) mass is 392 g/mol. The molecule has 0 radical (unpaired) electrons. The Morgan fingerprint density at radius 2 is 2.08 bits per heavy atom. The number of carbonyl (C=O) groups is 1. The zero-order valence-corrected chi connectivity index (χ0v) is 15.7. The topological polar surface area (TPSA) is 35.5 Å². The van der Waals surface area contributed by atoms with Crippen LogP contribution < -0.4 is 9.47 Å². The Bertz CT molecular complexity index is 963. The number of fused-ring (bicyclic) bond motifs is 1. The van der Waals surface area contributed by atoms with E-state index in [2.05, 4.69) is 6.58 Å². The van der Waals surface area contributed by atoms with E-state index in [9.17, 15) is 4.79 Å². The van der Waals surface area contributed by atoms with Crippen LogP contribution in [0.5, 0.6) is 11.5 Å². The summed E-state index contributed by atoms with van der Waals surface area (Å²) in [6.07, 6.45) is 1.71. The predicted octanol–water partition coefficient (Wildman–Crippen LogP) is 6.36. The van der Waals surface area contributed by atoms with Gasteiger partial charge in [0.1, 0.15) is 18.1 Å². The Balaban J connectivity index is 1.90. The maximum Gasteiger partial charge on any atom is 0.308 e. The first kappa shape index (κ1) is 17.8. The van der Waals surface area contributed by atoms with Crippen molar-refractivity contribution in [1.82, 2.24) is 0 Å². The molecule has 128 valence electrons. The van der Waals surface area contributed by atoms with E-state index >= 15 is 0 Å². The van der Waals surface area contributed by atoms with Crippen molar-refractivity contribution in [2.75, 3.05) is 0 Å². The van der Waals surface area contributed by atoms with Crippen LogP contribution in [-0.4, -0.2) is 5.97 Å². The second-order valence-corrected chi connectivity index (χ2v) is 7.06. The van der Waals surface area contributed by atoms with Crippen molar-refractivity contribution in [3.05, 3.63) is 63.5 Å². The highest BCUT2D eigenvalue weighted by Crippen LogP contribution is 2.38. The summed E-state index contributed by atoms with van der Waals surface area (Å²) in [6.45, 7) is 5.54. The Morgan fingerprint density at radius 3 is 2.76 bits per heavy atom. The van der Waals surface area contributed by atoms with Gasteiger partial charge in [0.2, 0.25) is 0 Å². The van der Waals surface area contributed by atoms with E-state index in [1.54, 1.807) is 23.6 Å². The zero-order chi connectivity index (χ0) is 18.0. The van der Waals surface area contributed by atoms with Gasteiger partial charge in [0.15, 0.2) is 0 Å². The number of esters is 1. The Kier molecular flexibility index (Phi) is 5.33. The van der Waals surface area contributed by atoms with Gasteiger partial charge in [0.05, 0.1) is 0 Å². The van der Waals surface area contributed by atoms with E-state index in [4.69, 9.17) is 32.7 Å². The third-order valence-electron chi connectivity index (χ3n) is 3.53. The molecule has 2 aromatic carbocycles. The van der Waals surface area contributed by atoms with Crippen LogP contribution in [0.3, 0.4) is 0 Å². The van der Waals surface area contributed by atoms with Crippen molar-refractivity contribution in [2.45, 2.75) is 13.5 Å². The lowest BCUT2D eigenvalue weighted by Crippen LogP contribution is -2.01. The number of hydrogen-bond donors (Lipinski definition) is 0. The van der Waals surface area contributed by atoms with E-state index in [0.717, 1.165) is 21.2 Å². The van der Waals surface area contributed by atoms with Crippen molar-refractivity contribution >= 4 is 56.7 Å². The van der Waals surface area contributed by atoms with Gasteiger partial charge < -0.3 is 9.47 Å². The van der Waals surface area contributed by atoms with Gasteiger partial charge in [-0.1, -0.05) is 41.9 Å². The van der Waals surface area contributed by atoms with Crippen molar-refractivity contribution in [3.8, 4) is 11.5 Å². The molecule has 3 aromatic rings. The van der Waals surface area contributed by atoms with Crippen LogP contribution in [0.25, 0.3) is 16.2 Å². The first-order valence-electron chi connectivity index (χ1n) is 7.40. The molecule has 0 atom stereocenters. The van der Waals surface area contributed by atoms with Crippen LogP contribution in [0.4, 0.5) is 0 Å². The highest BCUT2D eigenvalue weighted by atomic mass is 35.5. The maximum atomic E-state index is 11.2. The van der Waals surface area contributed by atoms with Gasteiger partial charge in [0, 0.05) is 38.0 Å². The number of hydrogen-bond acceptors (Lipinski definition) is 4. The molecule has 0 saturated carbocycles. The smallest absolute Gasteiger partial charge is 0.308 e. The standard InChI is InChI=1S/C19H14Cl2O3S/c1-3-12-6-15(23-9-13-4-5-14(20)7-16(13)21)8-18-19(12)17(10-25-18)24-11(2)22/h3-8,10H,1,9H2,2H3. The highest BCUT2D eigenvalue weighted by molar-refractivity contribution is 7.17. The average Bonchev–Trinajstić information content (AvgIpc) is 2.95. The molecule has 0 aliphatic heterocycles. The van der Waals surface area contributed by atoms with Crippen LogP contribution >= 0.6 is 34.5 Å². The summed E-state index contributed by atoms with van der Waals surface area (Å²) in [5.74, 6) is 0.867. The summed E-state index contributed by atoms with van der Waals surface area (Å²) < 4.78 is 12.1. The molecule has 0 aliphatic carbocycles. The quantitative estimate of drug-likeness (QED) is 0.474. The molecule has 0 aliphatic rings. The third-order valence-corrected chi connectivity index (χ3v) is 5.02. The summed E-state index contributed by atoms with van der Waals surface area (Å²) in [4.78, 5) is 11.2. The molecular formula is C19H14Cl2O3S. The third kappa shape index (κ3) is 3.98. The van der Waals surface area contributed by atoms with Gasteiger partial charge in [-0.15, -0.1) is 11.3 Å². The normalized spacial score (nSPS) is 10.7. The van der Waals surface area contributed by atoms with Gasteiger partial charge in [-0.05, 0) is 29.8 Å². The zero-order valence-electron chi connectivity index (χ0n) is 13.3. The molecule has 0 fully saturated rings. The molecular weight excluding hydrogens is 379 g/mol. The van der Waals surface area contributed by atoms with Crippen molar-refractivity contribution in [3.63, 3.8) is 0 Å². The predicted molar refractivity (Wildman–Crippen MR) is 104 cm³/mol. The molecule has 0 spiro atoms. The number of rotatable bonds is 5. The largest absolute Gasteiger partial charge is 0.489 e. The molecule has 0 bridgehead atoms. The molecule has 0 amide bonds. The van der Waals surface area contributed by atoms with E-state index in [0.29, 0.717) is 28.2 Å². The lowest BCUT2D eigenvalue weighted by molar-refractivity contribution is -0.131. The summed E-state index contributed by atoms with van der Waals surface area (Å²) >= 11 is 13.6. The van der Waals surface area contributed by atoms with E-state index in [1.165, 1.54) is 18.3 Å². The molecule has 3 rings (SSSR count). The van der Waals surface area contributed by atoms with Gasteiger partial charge >= 0.3 is 5.97 Å². The Hall–Kier alpha value is -2.01. The molecule has 6 heteroatoms. The molecule has 25 heavy (non-hydrogen) atoms. The minimum absolute atomic E-state index is 0.320. The number of halogens is 2. The Labute approximate surface area is 159 Å². The second kappa shape index (κ2) is 7.48. The minimum Gasteiger partial charge on any atom is -0.489 e. The molecule has 3 nitrogen and oxygen atoms in total. The molecule has 0 N–H and O–H groups in total. The summed E-state index contributed by atoms with van der Waals surface area (Å²) in [5, 5.41) is 3.80. The van der Waals surface area contributed by atoms with Gasteiger partial charge in [-0.25, -0.2) is 0 Å². The van der Waals surface area contributed by atoms with Crippen molar-refractivity contribution < 1.29 is 14.3 Å². The fraction of sp³-hybridized carbons (Fsp3) is 0.105. The number of ether oxygens (including phenoxy) is 2. The molecule has 0 saturated heterocycles. The summed E-state index contributed by atoms with van der Waals surface area (Å²) in [7, 11) is 0. The van der Waals surface area contributed by atoms with Gasteiger partial charge in [-0.3, -0.25) is 4.79 Å². The van der Waals surface area contributed by atoms with Crippen LogP contribution in [0.2, 0.25) is 10.0 Å². The average molecular weight is 393 g/mol. The van der Waals surface area contributed by atoms with E-state index < -0.39 is 0 Å². The SMILES string of the molecule is C=Cc1cc(OCc2ccc(Cl)cc2Cl)cc2scc(OC(C)=O)c12. The van der Waals surface area contributed by atoms with Crippen LogP contribution in [0, 0.1) is 0 Å². The van der Waals surface area contributed by atoms with Gasteiger partial charge in [-0.2, -0.15) is 0 Å². The lowest BCUT2D eigenvalue weighted by atomic mass is 10.1. The Morgan fingerprint density at radius 1 is 1.28 bits per heavy atom. The van der Waals surface area contributed by atoms with Crippen molar-refractivity contribution in [1.29, 1.82) is 0 Å². The molecule has 1 aromatic heterocycles. The summed E-state index contributed by atoms with van der Waals surface area (Å²) in [6, 6.07) is 9.06. The van der Waals surface area contributed by atoms with E-state index in [-0.39, 0.29) is 5.97 Å². The maximum absolute atomic E-state index is 11.2. The van der Waals surface area contributed by atoms with Crippen molar-refractivity contribution in [2.24, 2.45) is 0 Å². The van der Waals surface area contributed by atoms with Gasteiger partial charge in [0.25, 0.3) is 0 Å². The highest BCUT2D eigenvalue weighted by Gasteiger charge is 2.13. The van der Waals surface area contributed by atoms with Crippen LogP contribution in [-0.2, 0) is 11.4 Å². The second-order valence-electron chi connectivity index (χ2n) is 5.31. The van der Waals surface area contributed by atoms with Crippen LogP contribution in [0.1, 0.15) is 18.1 Å². The lowest BCUT2D eigenvalue weighted by Gasteiger charge is -2.10. The number of benzene rings is 2. The minimum atomic E-state index is -0.354. The van der Waals surface area contributed by atoms with E-state index in [1.807, 2.05) is 18.2 Å². The number of carbonyl (C=O) groups excluding carboxylic acids is 1. The first-order chi connectivity index (χ1) is 12.0. The molecule has 1 heterocycles. The molecule has 0 unspecified atom stereocenters. The fourth-order valence-corrected chi connectivity index (χ4v) is 3.80. The number of thiophene rings is 1. The fourth-order valence-electron chi connectivity index (χ4n) is 2.42. The van der Waals surface area contributed by atoms with Crippen LogP contribution in [0.15, 0.2) is 42.3 Å². The summed E-state index contributed by atoms with van der Waals surface area (Å²) in [5.41, 5.74) is 1.69. The first-order valence-corrected chi connectivity index (χ1v) is 9.04.